The van der Waals surface area contributed by atoms with Crippen molar-refractivity contribution >= 4 is 11.9 Å². The van der Waals surface area contributed by atoms with Gasteiger partial charge in [-0.15, -0.1) is 0 Å². The Kier molecular flexibility index (Phi) is 10.1. The molecule has 54 heavy (non-hydrogen) atoms. The third-order valence-electron chi connectivity index (χ3n) is 16.8. The third-order valence-corrected chi connectivity index (χ3v) is 16.8. The summed E-state index contributed by atoms with van der Waals surface area (Å²) in [5.41, 5.74) is 0.110. The molecular weight excluding hydrogens is 700 g/mol. The smallest absolute Gasteiger partial charge is 0.335 e. The number of aliphatic hydroxyl groups excluding tert-OH is 5. The molecule has 0 spiro atoms. The molecule has 7 aliphatic rings. The van der Waals surface area contributed by atoms with Crippen molar-refractivity contribution in [2.75, 3.05) is 6.61 Å². The minimum atomic E-state index is -1.86. The van der Waals surface area contributed by atoms with E-state index in [2.05, 4.69) is 54.5 Å². The van der Waals surface area contributed by atoms with Crippen molar-refractivity contribution < 1.29 is 64.3 Å². The molecule has 2 aliphatic heterocycles. The Balaban J connectivity index is 1.13. The van der Waals surface area contributed by atoms with Crippen LogP contribution in [0.1, 0.15) is 113 Å². The molecule has 6 fully saturated rings. The highest BCUT2D eigenvalue weighted by Crippen LogP contribution is 2.76. The fourth-order valence-corrected chi connectivity index (χ4v) is 13.4. The summed E-state index contributed by atoms with van der Waals surface area (Å²) in [5.74, 6) is -1.53. The number of hydrogen-bond donors (Lipinski definition) is 7. The van der Waals surface area contributed by atoms with Gasteiger partial charge in [-0.05, 0) is 109 Å². The maximum atomic E-state index is 13.0. The van der Waals surface area contributed by atoms with Crippen molar-refractivity contribution in [2.24, 2.45) is 50.2 Å². The molecule has 17 atom stereocenters. The van der Waals surface area contributed by atoms with Gasteiger partial charge in [-0.3, -0.25) is 4.79 Å². The minimum absolute atomic E-state index is 0.0359. The summed E-state index contributed by atoms with van der Waals surface area (Å²) >= 11 is 0. The topological polar surface area (TPSA) is 213 Å². The highest BCUT2D eigenvalue weighted by atomic mass is 16.7. The number of carbonyl (C=O) groups is 2. The molecule has 13 nitrogen and oxygen atoms in total. The first-order valence-corrected chi connectivity index (χ1v) is 20.2. The molecule has 2 heterocycles. The predicted octanol–water partition coefficient (Wildman–Crippen LogP) is 3.61. The molecule has 7 rings (SSSR count). The number of carboxylic acid groups (broad SMARTS) is 2. The Morgan fingerprint density at radius 1 is 0.759 bits per heavy atom. The summed E-state index contributed by atoms with van der Waals surface area (Å²) in [5, 5.41) is 73.6. The zero-order valence-electron chi connectivity index (χ0n) is 32.9. The maximum Gasteiger partial charge on any atom is 0.335 e. The lowest BCUT2D eigenvalue weighted by Gasteiger charge is -2.71. The molecule has 4 saturated carbocycles. The number of rotatable bonds is 6. The van der Waals surface area contributed by atoms with Gasteiger partial charge in [0.25, 0.3) is 0 Å². The average molecular weight is 765 g/mol. The van der Waals surface area contributed by atoms with E-state index in [1.54, 1.807) is 0 Å². The lowest BCUT2D eigenvalue weighted by molar-refractivity contribution is -0.357. The van der Waals surface area contributed by atoms with Crippen LogP contribution in [0.25, 0.3) is 0 Å². The molecule has 5 aliphatic carbocycles. The van der Waals surface area contributed by atoms with Crippen LogP contribution in [0, 0.1) is 50.2 Å². The van der Waals surface area contributed by atoms with E-state index < -0.39 is 84.2 Å². The van der Waals surface area contributed by atoms with Gasteiger partial charge in [0.05, 0.1) is 18.1 Å². The van der Waals surface area contributed by atoms with Crippen molar-refractivity contribution in [3.63, 3.8) is 0 Å². The Labute approximate surface area is 318 Å². The average Bonchev–Trinajstić information content (AvgIpc) is 3.08. The number of aliphatic hydroxyl groups is 5. The SMILES string of the molecule is CC1(C)CC[C@]2(C(=O)O)CC[C@]3(C)C(=CC[C@@H]4[C@@]5(C)CC[C@H](O[C@@H]6O[C@H](C(=O)O)[C@@H](O)[C@H](O[C@@H]7OC[C@H](O)[C@H](O)[C@@H]7O)[C@H]6O)C(C)(C)[C@@H]5CC[C@]43C)[C@@H]2C1. The fraction of sp³-hybridized carbons (Fsp3) is 0.902. The normalized spacial score (nSPS) is 52.4. The summed E-state index contributed by atoms with van der Waals surface area (Å²) < 4.78 is 23.3. The van der Waals surface area contributed by atoms with Crippen molar-refractivity contribution in [3.05, 3.63) is 11.6 Å². The number of allylic oxidation sites excluding steroid dienone is 2. The second kappa shape index (κ2) is 13.4. The predicted molar refractivity (Wildman–Crippen MR) is 192 cm³/mol. The Morgan fingerprint density at radius 2 is 1.44 bits per heavy atom. The van der Waals surface area contributed by atoms with E-state index in [0.29, 0.717) is 18.8 Å². The van der Waals surface area contributed by atoms with E-state index in [4.69, 9.17) is 18.9 Å². The second-order valence-electron chi connectivity index (χ2n) is 20.3. The van der Waals surface area contributed by atoms with Crippen molar-refractivity contribution in [2.45, 2.75) is 174 Å². The van der Waals surface area contributed by atoms with Crippen LogP contribution in [-0.4, -0.2) is 116 Å². The first-order chi connectivity index (χ1) is 25.0. The van der Waals surface area contributed by atoms with Gasteiger partial charge in [0.15, 0.2) is 18.7 Å². The van der Waals surface area contributed by atoms with E-state index in [-0.39, 0.29) is 40.1 Å². The summed E-state index contributed by atoms with van der Waals surface area (Å²) in [7, 11) is 0. The minimum Gasteiger partial charge on any atom is -0.481 e. The first-order valence-electron chi connectivity index (χ1n) is 20.2. The third kappa shape index (κ3) is 5.88. The van der Waals surface area contributed by atoms with Crippen LogP contribution in [0.5, 0.6) is 0 Å². The molecule has 2 saturated heterocycles. The van der Waals surface area contributed by atoms with Crippen molar-refractivity contribution in [1.82, 2.24) is 0 Å². The molecule has 306 valence electrons. The number of carboxylic acids is 2. The second-order valence-corrected chi connectivity index (χ2v) is 20.3. The van der Waals surface area contributed by atoms with Gasteiger partial charge in [0, 0.05) is 0 Å². The summed E-state index contributed by atoms with van der Waals surface area (Å²) in [6.45, 7) is 15.9. The standard InChI is InChI=1S/C41H64O13/c1-36(2)14-16-41(35(49)50)17-15-39(6)20(21(41)18-36)8-9-24-38(5)12-11-25(37(3,4)23(38)10-13-40(24,39)7)52-34-29(46)30(28(45)31(54-34)32(47)48)53-33-27(44)26(43)22(42)19-51-33/h8,21-31,33-34,42-46H,9-19H2,1-7H3,(H,47,48)(H,49,50)/t21-,22-,23-,24+,25-,26-,27-,28-,29+,30-,31-,33-,34+,38-,39+,40+,41-/m0/s1. The Morgan fingerprint density at radius 3 is 2.11 bits per heavy atom. The molecule has 0 aromatic rings. The molecule has 0 amide bonds. The highest BCUT2D eigenvalue weighted by Gasteiger charge is 2.69. The number of fused-ring (bicyclic) bond motifs is 7. The van der Waals surface area contributed by atoms with E-state index >= 15 is 0 Å². The van der Waals surface area contributed by atoms with Crippen LogP contribution in [-0.2, 0) is 28.5 Å². The van der Waals surface area contributed by atoms with Crippen LogP contribution < -0.4 is 0 Å². The van der Waals surface area contributed by atoms with Crippen LogP contribution in [0.2, 0.25) is 0 Å². The maximum absolute atomic E-state index is 13.0. The summed E-state index contributed by atoms with van der Waals surface area (Å²) in [4.78, 5) is 25.3. The summed E-state index contributed by atoms with van der Waals surface area (Å²) in [6, 6.07) is 0. The zero-order valence-corrected chi connectivity index (χ0v) is 32.9. The molecule has 0 aromatic carbocycles. The molecule has 0 unspecified atom stereocenters. The number of hydrogen-bond acceptors (Lipinski definition) is 11. The number of aliphatic carboxylic acids is 2. The quantitative estimate of drug-likeness (QED) is 0.152. The van der Waals surface area contributed by atoms with Gasteiger partial charge in [-0.1, -0.05) is 60.1 Å². The van der Waals surface area contributed by atoms with Gasteiger partial charge in [-0.2, -0.15) is 0 Å². The van der Waals surface area contributed by atoms with Gasteiger partial charge in [0.1, 0.15) is 36.6 Å². The zero-order chi connectivity index (χ0) is 39.6. The van der Waals surface area contributed by atoms with Gasteiger partial charge < -0.3 is 54.7 Å². The first kappa shape index (κ1) is 40.5. The Bertz CT molecular complexity index is 1510. The molecular formula is C41H64O13. The van der Waals surface area contributed by atoms with Crippen LogP contribution >= 0.6 is 0 Å². The lowest BCUT2D eigenvalue weighted by Crippen LogP contribution is -2.66. The number of ether oxygens (including phenoxy) is 4. The molecule has 0 radical (unpaired) electrons. The highest BCUT2D eigenvalue weighted by molar-refractivity contribution is 5.76. The van der Waals surface area contributed by atoms with Crippen molar-refractivity contribution in [3.8, 4) is 0 Å². The largest absolute Gasteiger partial charge is 0.481 e. The van der Waals surface area contributed by atoms with E-state index in [0.717, 1.165) is 51.4 Å². The molecule has 0 bridgehead atoms. The van der Waals surface area contributed by atoms with Gasteiger partial charge in [0.2, 0.25) is 0 Å². The Hall–Kier alpha value is -1.68. The van der Waals surface area contributed by atoms with Crippen molar-refractivity contribution in [1.29, 1.82) is 0 Å². The van der Waals surface area contributed by atoms with Crippen LogP contribution in [0.4, 0.5) is 0 Å². The van der Waals surface area contributed by atoms with Crippen LogP contribution in [0.15, 0.2) is 11.6 Å². The van der Waals surface area contributed by atoms with Gasteiger partial charge in [-0.25, -0.2) is 4.79 Å². The van der Waals surface area contributed by atoms with Gasteiger partial charge >= 0.3 is 11.9 Å². The molecule has 13 heteroatoms. The molecule has 7 N–H and O–H groups in total. The van der Waals surface area contributed by atoms with E-state index in [9.17, 15) is 45.3 Å². The fourth-order valence-electron chi connectivity index (χ4n) is 13.4. The summed E-state index contributed by atoms with van der Waals surface area (Å²) in [6.07, 6.45) is -4.35. The van der Waals surface area contributed by atoms with E-state index in [1.807, 2.05) is 0 Å². The monoisotopic (exact) mass is 764 g/mol. The molecule has 0 aromatic heterocycles. The lowest BCUT2D eigenvalue weighted by atomic mass is 9.33. The van der Waals surface area contributed by atoms with E-state index in [1.165, 1.54) is 5.57 Å². The van der Waals surface area contributed by atoms with Crippen LogP contribution in [0.3, 0.4) is 0 Å².